The highest BCUT2D eigenvalue weighted by Gasteiger charge is 2.36. The number of carbonyl (C=O) groups is 3. The van der Waals surface area contributed by atoms with E-state index in [-0.39, 0.29) is 19.2 Å². The predicted molar refractivity (Wildman–Crippen MR) is 94.1 cm³/mol. The first-order chi connectivity index (χ1) is 12.6. The van der Waals surface area contributed by atoms with Crippen LogP contribution in [0.5, 0.6) is 0 Å². The van der Waals surface area contributed by atoms with Gasteiger partial charge in [-0.05, 0) is 24.3 Å². The van der Waals surface area contributed by atoms with Gasteiger partial charge >= 0.3 is 5.97 Å². The van der Waals surface area contributed by atoms with Crippen molar-refractivity contribution in [2.75, 3.05) is 19.2 Å². The number of rotatable bonds is 7. The topological polar surface area (TPSA) is 72.9 Å². The third kappa shape index (κ3) is 3.76. The summed E-state index contributed by atoms with van der Waals surface area (Å²) in [6.45, 7) is -0.186. The molecule has 2 amide bonds. The highest BCUT2D eigenvalue weighted by molar-refractivity contribution is 6.21. The number of benzene rings is 2. The van der Waals surface area contributed by atoms with Crippen molar-refractivity contribution in [1.29, 1.82) is 0 Å². The molecular weight excluding hydrogens is 358 g/mol. The summed E-state index contributed by atoms with van der Waals surface area (Å²) in [5.41, 5.74) is 1.10. The molecule has 1 heterocycles. The Morgan fingerprint density at radius 2 is 1.54 bits per heavy atom. The van der Waals surface area contributed by atoms with Crippen LogP contribution in [0.15, 0.2) is 54.6 Å². The first-order valence-corrected chi connectivity index (χ1v) is 8.50. The number of nitrogens with zero attached hydrogens (tertiary/aromatic N) is 1. The molecule has 0 spiro atoms. The number of imide groups is 1. The number of esters is 1. The molecular formula is C19H16ClNO5. The Bertz CT molecular complexity index is 789. The Hall–Kier alpha value is -2.70. The minimum Gasteiger partial charge on any atom is -0.459 e. The first kappa shape index (κ1) is 18.1. The molecule has 6 nitrogen and oxygen atoms in total. The van der Waals surface area contributed by atoms with Crippen molar-refractivity contribution in [2.24, 2.45) is 0 Å². The van der Waals surface area contributed by atoms with E-state index < -0.39 is 23.9 Å². The summed E-state index contributed by atoms with van der Waals surface area (Å²) < 4.78 is 10.6. The highest BCUT2D eigenvalue weighted by Crippen LogP contribution is 2.23. The SMILES string of the molecule is O=C(OCC(CN1C(=O)c2ccccc2C1=O)OCCl)c1ccccc1. The van der Waals surface area contributed by atoms with E-state index in [9.17, 15) is 14.4 Å². The average molecular weight is 374 g/mol. The summed E-state index contributed by atoms with van der Waals surface area (Å²) in [5.74, 6) is -1.32. The van der Waals surface area contributed by atoms with Crippen molar-refractivity contribution < 1.29 is 23.9 Å². The van der Waals surface area contributed by atoms with Gasteiger partial charge in [0.25, 0.3) is 11.8 Å². The van der Waals surface area contributed by atoms with Gasteiger partial charge in [0.15, 0.2) is 0 Å². The molecule has 1 atom stereocenters. The smallest absolute Gasteiger partial charge is 0.338 e. The van der Waals surface area contributed by atoms with Crippen LogP contribution in [-0.2, 0) is 9.47 Å². The Labute approximate surface area is 155 Å². The molecule has 1 aliphatic heterocycles. The second kappa shape index (κ2) is 8.12. The normalized spacial score (nSPS) is 14.3. The first-order valence-electron chi connectivity index (χ1n) is 7.96. The monoisotopic (exact) mass is 373 g/mol. The third-order valence-corrected chi connectivity index (χ3v) is 4.10. The van der Waals surface area contributed by atoms with Gasteiger partial charge in [-0.15, -0.1) is 0 Å². The lowest BCUT2D eigenvalue weighted by Gasteiger charge is -2.22. The largest absolute Gasteiger partial charge is 0.459 e. The van der Waals surface area contributed by atoms with E-state index in [2.05, 4.69) is 0 Å². The van der Waals surface area contributed by atoms with E-state index in [1.54, 1.807) is 54.6 Å². The predicted octanol–water partition coefficient (Wildman–Crippen LogP) is 2.72. The van der Waals surface area contributed by atoms with Crippen LogP contribution in [0, 0.1) is 0 Å². The Balaban J connectivity index is 1.65. The van der Waals surface area contributed by atoms with E-state index >= 15 is 0 Å². The lowest BCUT2D eigenvalue weighted by Crippen LogP contribution is -2.40. The number of amides is 2. The molecule has 3 rings (SSSR count). The molecule has 1 unspecified atom stereocenters. The fraction of sp³-hybridized carbons (Fsp3) is 0.211. The van der Waals surface area contributed by atoms with Crippen LogP contribution in [0.2, 0.25) is 0 Å². The molecule has 0 fully saturated rings. The van der Waals surface area contributed by atoms with Crippen LogP contribution in [0.4, 0.5) is 0 Å². The molecule has 134 valence electrons. The summed E-state index contributed by atoms with van der Waals surface area (Å²) >= 11 is 5.62. The van der Waals surface area contributed by atoms with E-state index in [0.29, 0.717) is 16.7 Å². The van der Waals surface area contributed by atoms with E-state index in [1.165, 1.54) is 0 Å². The van der Waals surface area contributed by atoms with E-state index in [1.807, 2.05) is 0 Å². The van der Waals surface area contributed by atoms with Crippen LogP contribution in [-0.4, -0.2) is 48.0 Å². The summed E-state index contributed by atoms with van der Waals surface area (Å²) in [5, 5.41) is 0. The van der Waals surface area contributed by atoms with Crippen molar-refractivity contribution in [1.82, 2.24) is 4.90 Å². The van der Waals surface area contributed by atoms with Crippen molar-refractivity contribution in [3.05, 3.63) is 71.3 Å². The lowest BCUT2D eigenvalue weighted by atomic mass is 10.1. The van der Waals surface area contributed by atoms with Gasteiger partial charge in [0.2, 0.25) is 0 Å². The fourth-order valence-electron chi connectivity index (χ4n) is 2.68. The number of hydrogen-bond donors (Lipinski definition) is 0. The third-order valence-electron chi connectivity index (χ3n) is 3.97. The minimum absolute atomic E-state index is 0.0544. The average Bonchev–Trinajstić information content (AvgIpc) is 2.92. The second-order valence-corrected chi connectivity index (χ2v) is 5.85. The number of carbonyl (C=O) groups excluding carboxylic acids is 3. The fourth-order valence-corrected chi connectivity index (χ4v) is 2.86. The van der Waals surface area contributed by atoms with E-state index in [4.69, 9.17) is 21.1 Å². The van der Waals surface area contributed by atoms with Gasteiger partial charge in [0.1, 0.15) is 18.8 Å². The van der Waals surface area contributed by atoms with Crippen molar-refractivity contribution in [2.45, 2.75) is 6.10 Å². The molecule has 1 aliphatic rings. The van der Waals surface area contributed by atoms with Crippen molar-refractivity contribution in [3.63, 3.8) is 0 Å². The molecule has 7 heteroatoms. The van der Waals surface area contributed by atoms with Gasteiger partial charge in [0.05, 0.1) is 23.2 Å². The number of halogens is 1. The Kier molecular flexibility index (Phi) is 5.65. The molecule has 0 saturated heterocycles. The molecule has 0 bridgehead atoms. The van der Waals surface area contributed by atoms with Gasteiger partial charge in [0, 0.05) is 0 Å². The Morgan fingerprint density at radius 3 is 2.12 bits per heavy atom. The summed E-state index contributed by atoms with van der Waals surface area (Å²) in [7, 11) is 0. The van der Waals surface area contributed by atoms with Crippen molar-refractivity contribution in [3.8, 4) is 0 Å². The molecule has 0 N–H and O–H groups in total. The van der Waals surface area contributed by atoms with Gasteiger partial charge in [-0.3, -0.25) is 14.5 Å². The second-order valence-electron chi connectivity index (χ2n) is 5.63. The maximum absolute atomic E-state index is 12.4. The van der Waals surface area contributed by atoms with Gasteiger partial charge in [-0.25, -0.2) is 4.79 Å². The van der Waals surface area contributed by atoms with E-state index in [0.717, 1.165) is 4.90 Å². The minimum atomic E-state index is -0.720. The summed E-state index contributed by atoms with van der Waals surface area (Å²) in [6.07, 6.45) is -0.720. The van der Waals surface area contributed by atoms with Crippen LogP contribution in [0.1, 0.15) is 31.1 Å². The molecule has 0 aromatic heterocycles. The summed E-state index contributed by atoms with van der Waals surface area (Å²) in [4.78, 5) is 38.0. The molecule has 0 aliphatic carbocycles. The van der Waals surface area contributed by atoms with Crippen LogP contribution < -0.4 is 0 Å². The summed E-state index contributed by atoms with van der Waals surface area (Å²) in [6, 6.07) is 14.9. The lowest BCUT2D eigenvalue weighted by molar-refractivity contribution is -0.00436. The number of alkyl halides is 1. The zero-order chi connectivity index (χ0) is 18.5. The van der Waals surface area contributed by atoms with Crippen molar-refractivity contribution >= 4 is 29.4 Å². The zero-order valence-corrected chi connectivity index (χ0v) is 14.5. The number of fused-ring (bicyclic) bond motifs is 1. The standard InChI is InChI=1S/C19H16ClNO5/c20-12-26-14(11-25-19(24)13-6-2-1-3-7-13)10-21-17(22)15-8-4-5-9-16(15)18(21)23/h1-9,14H,10-12H2. The quantitative estimate of drug-likeness (QED) is 0.424. The van der Waals surface area contributed by atoms with Gasteiger partial charge < -0.3 is 9.47 Å². The maximum atomic E-state index is 12.4. The number of ether oxygens (including phenoxy) is 2. The molecule has 2 aromatic rings. The maximum Gasteiger partial charge on any atom is 0.338 e. The van der Waals surface area contributed by atoms with Crippen LogP contribution in [0.25, 0.3) is 0 Å². The van der Waals surface area contributed by atoms with Gasteiger partial charge in [-0.1, -0.05) is 41.9 Å². The van der Waals surface area contributed by atoms with Crippen LogP contribution >= 0.6 is 11.6 Å². The van der Waals surface area contributed by atoms with Crippen LogP contribution in [0.3, 0.4) is 0 Å². The molecule has 26 heavy (non-hydrogen) atoms. The molecule has 0 radical (unpaired) electrons. The van der Waals surface area contributed by atoms with Gasteiger partial charge in [-0.2, -0.15) is 0 Å². The molecule has 2 aromatic carbocycles. The zero-order valence-electron chi connectivity index (χ0n) is 13.8. The number of hydrogen-bond acceptors (Lipinski definition) is 5. The molecule has 0 saturated carbocycles. The Morgan fingerprint density at radius 1 is 0.962 bits per heavy atom. The highest BCUT2D eigenvalue weighted by atomic mass is 35.5.